The fraction of sp³-hybridized carbons (Fsp3) is 0.534. The highest BCUT2D eigenvalue weighted by molar-refractivity contribution is 6.05. The number of aliphatic hydroxyl groups is 1. The standard InChI is InChI=1S/C73H102N16O26/c1-5-6-7-8-9-10-11-22-55(94)81-46(27-39-33-77-43-20-15-13-17-40(39)43)67(108)84-47(29-54(76)93)68(109)86-49(32-61(103)104)69(110)89-63-38(4)115-73(114)50(28-53(92)41-18-12-14-19-42(41)75)87-72(113)62(36(2)26-58(97)98)88-70(111)51(35-90)82-56(95)24-23-52(91)45(30-59(99)100)83-64(105)37(3)79-66(107)48(31-60(101)102)85-65(106)44(21-16-25-74)80-57(96)34-78-71(63)112/h12-15,17-20,33,36-38,44-51,62-63,77,90H,5-11,16,21-32,34-35,74-75H2,1-4H3,(H2,76,93)(H,78,112)(H,79,107)(H,80,96)(H,81,94)(H,82,95)(H,83,105)(H,84,108)(H,85,106)(H,86,109)(H,87,113)(H,88,111)(H,89,110)(H,97,98)(H,99,100)(H,101,102)(H,103,104)/t36-,37-,38-,44+,45+,46+,47-,48+,49+,50+,51-,62+,63+/m1/s1. The molecular formula is C73H102N16O26. The Balaban J connectivity index is 1.87. The van der Waals surface area contributed by atoms with E-state index in [2.05, 4.69) is 75.7 Å². The lowest BCUT2D eigenvalue weighted by molar-refractivity contribution is -0.156. The third-order valence-electron chi connectivity index (χ3n) is 18.1. The summed E-state index contributed by atoms with van der Waals surface area (Å²) in [5.74, 6) is -29.2. The van der Waals surface area contributed by atoms with Gasteiger partial charge < -0.3 is 116 Å². The number of ketones is 2. The van der Waals surface area contributed by atoms with Crippen molar-refractivity contribution in [3.8, 4) is 0 Å². The molecule has 0 radical (unpaired) electrons. The van der Waals surface area contributed by atoms with E-state index in [1.165, 1.54) is 24.3 Å². The molecule has 1 aliphatic rings. The number of cyclic esters (lactones) is 1. The summed E-state index contributed by atoms with van der Waals surface area (Å²) in [5, 5.41) is 76.9. The molecule has 0 saturated carbocycles. The topological polar surface area (TPSA) is 690 Å². The number of rotatable bonds is 35. The van der Waals surface area contributed by atoms with E-state index in [-0.39, 0.29) is 43.5 Å². The van der Waals surface area contributed by atoms with Crippen molar-refractivity contribution in [3.05, 3.63) is 65.9 Å². The van der Waals surface area contributed by atoms with Crippen molar-refractivity contribution >= 4 is 135 Å². The number of aromatic nitrogens is 1. The van der Waals surface area contributed by atoms with Crippen molar-refractivity contribution in [1.29, 1.82) is 0 Å². The number of aliphatic carboxylic acids is 4. The van der Waals surface area contributed by atoms with E-state index < -0.39 is 261 Å². The Hall–Kier alpha value is -12.5. The van der Waals surface area contributed by atoms with E-state index in [1.807, 2.05) is 0 Å². The third-order valence-corrected chi connectivity index (χ3v) is 18.1. The van der Waals surface area contributed by atoms with Crippen LogP contribution < -0.4 is 81.0 Å². The number of nitrogens with two attached hydrogens (primary N) is 3. The largest absolute Gasteiger partial charge is 0.481 e. The van der Waals surface area contributed by atoms with Crippen molar-refractivity contribution in [1.82, 2.24) is 68.8 Å². The molecule has 1 fully saturated rings. The van der Waals surface area contributed by atoms with Crippen LogP contribution in [0.1, 0.15) is 159 Å². The monoisotopic (exact) mass is 1620 g/mol. The summed E-state index contributed by atoms with van der Waals surface area (Å²) in [7, 11) is 0. The molecule has 2 aromatic carbocycles. The van der Waals surface area contributed by atoms with Crippen LogP contribution in [0, 0.1) is 5.92 Å². The molecule has 24 N–H and O–H groups in total. The first kappa shape index (κ1) is 94.9. The van der Waals surface area contributed by atoms with Crippen molar-refractivity contribution in [2.45, 2.75) is 222 Å². The minimum atomic E-state index is -2.44. The Morgan fingerprint density at radius 1 is 0.565 bits per heavy atom. The number of amides is 13. The van der Waals surface area contributed by atoms with Crippen LogP contribution in [0.2, 0.25) is 0 Å². The van der Waals surface area contributed by atoms with Gasteiger partial charge in [-0.3, -0.25) is 91.1 Å². The second kappa shape index (κ2) is 47.8. The summed E-state index contributed by atoms with van der Waals surface area (Å²) in [6.07, 6.45) is -4.01. The van der Waals surface area contributed by atoms with Gasteiger partial charge in [-0.1, -0.05) is 82.7 Å². The van der Waals surface area contributed by atoms with Gasteiger partial charge in [0.05, 0.1) is 51.3 Å². The third kappa shape index (κ3) is 32.6. The van der Waals surface area contributed by atoms with Crippen LogP contribution in [0.3, 0.4) is 0 Å². The fourth-order valence-corrected chi connectivity index (χ4v) is 11.9. The summed E-state index contributed by atoms with van der Waals surface area (Å²) < 4.78 is 5.69. The number of anilines is 1. The molecule has 0 unspecified atom stereocenters. The molecule has 42 nitrogen and oxygen atoms in total. The number of carboxylic acids is 4. The summed E-state index contributed by atoms with van der Waals surface area (Å²) in [6.45, 7) is 2.34. The van der Waals surface area contributed by atoms with Crippen molar-refractivity contribution in [2.24, 2.45) is 17.4 Å². The number of hydrogen-bond acceptors (Lipinski definition) is 24. The molecule has 0 spiro atoms. The number of H-pyrrole nitrogens is 1. The van der Waals surface area contributed by atoms with E-state index in [1.54, 1.807) is 30.5 Å². The van der Waals surface area contributed by atoms with Crippen LogP contribution in [0.25, 0.3) is 10.9 Å². The van der Waals surface area contributed by atoms with Crippen LogP contribution in [0.5, 0.6) is 0 Å². The number of carbonyl (C=O) groups excluding carboxylic acids is 16. The zero-order valence-corrected chi connectivity index (χ0v) is 63.8. The van der Waals surface area contributed by atoms with Crippen LogP contribution in [0.15, 0.2) is 54.7 Å². The molecule has 1 saturated heterocycles. The maximum absolute atomic E-state index is 14.8. The predicted molar refractivity (Wildman–Crippen MR) is 401 cm³/mol. The predicted octanol–water partition coefficient (Wildman–Crippen LogP) is -4.39. The van der Waals surface area contributed by atoms with E-state index >= 15 is 0 Å². The highest BCUT2D eigenvalue weighted by atomic mass is 16.5. The lowest BCUT2D eigenvalue weighted by Gasteiger charge is -2.30. The van der Waals surface area contributed by atoms with E-state index in [0.29, 0.717) is 29.3 Å². The Kier molecular flexibility index (Phi) is 39.4. The normalized spacial score (nSPS) is 21.3. The number of benzene rings is 2. The SMILES string of the molecule is CCCCCCCCCC(=O)N[C@@H](Cc1c[nH]c2ccccc12)C(=O)N[C@H](CC(N)=O)C(=O)N[C@@H](CC(=O)O)C(=O)N[C@@H]1C(=O)NCC(=O)N[C@@H](CCCN)C(=O)N[C@@H](CC(=O)O)C(=O)N[C@H](C)C(=O)N[C@@H](CC(=O)O)C(=O)CCC(=O)N[C@H](CO)C(=O)N[C@@H]([C@H](C)CC(=O)O)C(=O)N[C@@H](CC(=O)c2ccccc2N)C(=O)O[C@@H]1C. The van der Waals surface area contributed by atoms with Gasteiger partial charge in [0.15, 0.2) is 11.6 Å². The number of carboxylic acid groups (broad SMARTS) is 4. The highest BCUT2D eigenvalue weighted by Gasteiger charge is 2.41. The highest BCUT2D eigenvalue weighted by Crippen LogP contribution is 2.22. The van der Waals surface area contributed by atoms with Gasteiger partial charge in [-0.05, 0) is 69.3 Å². The smallest absolute Gasteiger partial charge is 0.329 e. The number of hydrogen-bond donors (Lipinski definition) is 21. The first-order chi connectivity index (χ1) is 54.4. The molecule has 0 bridgehead atoms. The molecule has 2 heterocycles. The number of primary amides is 1. The van der Waals surface area contributed by atoms with E-state index in [4.69, 9.17) is 21.9 Å². The van der Waals surface area contributed by atoms with Crippen LogP contribution in [-0.2, 0) is 102 Å². The first-order valence-electron chi connectivity index (χ1n) is 37.1. The number of aromatic amines is 1. The first-order valence-corrected chi connectivity index (χ1v) is 37.1. The van der Waals surface area contributed by atoms with Crippen LogP contribution in [0.4, 0.5) is 5.69 Å². The molecule has 13 amide bonds. The van der Waals surface area contributed by atoms with Crippen molar-refractivity contribution in [2.75, 3.05) is 25.4 Å². The second-order valence-corrected chi connectivity index (χ2v) is 27.5. The quantitative estimate of drug-likeness (QED) is 0.0114. The van der Waals surface area contributed by atoms with Gasteiger partial charge in [-0.25, -0.2) is 4.79 Å². The Morgan fingerprint density at radius 3 is 1.77 bits per heavy atom. The number of fused-ring (bicyclic) bond motifs is 1. The Labute approximate surface area is 658 Å². The Bertz CT molecular complexity index is 4040. The molecular weight excluding hydrogens is 1520 g/mol. The summed E-state index contributed by atoms with van der Waals surface area (Å²) in [5.41, 5.74) is 18.1. The number of aliphatic hydroxyl groups excluding tert-OH is 1. The summed E-state index contributed by atoms with van der Waals surface area (Å²) in [4.78, 5) is 276. The maximum atomic E-state index is 14.8. The zero-order valence-electron chi connectivity index (χ0n) is 63.8. The van der Waals surface area contributed by atoms with E-state index in [0.717, 1.165) is 52.9 Å². The number of carbonyl (C=O) groups is 20. The molecule has 13 atom stereocenters. The second-order valence-electron chi connectivity index (χ2n) is 27.5. The van der Waals surface area contributed by atoms with Gasteiger partial charge >= 0.3 is 29.8 Å². The molecule has 115 heavy (non-hydrogen) atoms. The number of nitrogen functional groups attached to an aromatic ring is 1. The molecule has 42 heteroatoms. The van der Waals surface area contributed by atoms with Gasteiger partial charge in [0, 0.05) is 60.5 Å². The molecule has 1 aromatic heterocycles. The lowest BCUT2D eigenvalue weighted by atomic mass is 9.95. The van der Waals surface area contributed by atoms with Gasteiger partial charge in [-0.15, -0.1) is 0 Å². The molecule has 630 valence electrons. The van der Waals surface area contributed by atoms with Crippen LogP contribution >= 0.6 is 0 Å². The number of nitrogens with one attached hydrogen (secondary N) is 13. The molecule has 1 aliphatic heterocycles. The van der Waals surface area contributed by atoms with Crippen molar-refractivity contribution in [3.63, 3.8) is 0 Å². The number of esters is 1. The average molecular weight is 1620 g/mol. The van der Waals surface area contributed by atoms with Crippen molar-refractivity contribution < 1.29 is 126 Å². The fourth-order valence-electron chi connectivity index (χ4n) is 11.9. The number of Topliss-reactive ketones (excluding diaryl/α,β-unsaturated/α-hetero) is 2. The molecule has 0 aliphatic carbocycles. The van der Waals surface area contributed by atoms with Gasteiger partial charge in [0.2, 0.25) is 76.8 Å². The number of ether oxygens (including phenoxy) is 1. The van der Waals surface area contributed by atoms with Gasteiger partial charge in [-0.2, -0.15) is 0 Å². The lowest BCUT2D eigenvalue weighted by Crippen LogP contribution is -2.62. The Morgan fingerprint density at radius 2 is 1.14 bits per heavy atom. The molecule has 4 rings (SSSR count). The maximum Gasteiger partial charge on any atom is 0.329 e. The van der Waals surface area contributed by atoms with Crippen LogP contribution in [-0.4, -0.2) is 241 Å². The summed E-state index contributed by atoms with van der Waals surface area (Å²) >= 11 is 0. The van der Waals surface area contributed by atoms with Gasteiger partial charge in [0.1, 0.15) is 66.5 Å². The van der Waals surface area contributed by atoms with Gasteiger partial charge in [0.25, 0.3) is 0 Å². The average Bonchev–Trinajstić information content (AvgIpc) is 1.72. The summed E-state index contributed by atoms with van der Waals surface area (Å²) in [6, 6.07) is -10.3. The number of unbranched alkanes of at least 4 members (excludes halogenated alkanes) is 6. The number of para-hydroxylation sites is 2. The minimum Gasteiger partial charge on any atom is -0.481 e. The van der Waals surface area contributed by atoms with E-state index in [9.17, 15) is 121 Å². The molecule has 3 aromatic rings. The zero-order chi connectivity index (χ0) is 85.8. The minimum absolute atomic E-state index is 0.0172.